The molecule has 0 saturated heterocycles. The Morgan fingerprint density at radius 1 is 1.10 bits per heavy atom. The van der Waals surface area contributed by atoms with Crippen molar-refractivity contribution in [3.8, 4) is 11.5 Å². The smallest absolute Gasteiger partial charge is 0.411 e. The number of ether oxygens (including phenoxy) is 3. The summed E-state index contributed by atoms with van der Waals surface area (Å²) in [5.74, 6) is 1.20. The van der Waals surface area contributed by atoms with E-state index in [2.05, 4.69) is 17.6 Å². The number of hydrogen-bond donors (Lipinski definition) is 4. The van der Waals surface area contributed by atoms with Crippen LogP contribution in [0.25, 0.3) is 0 Å². The molecule has 1 heterocycles. The van der Waals surface area contributed by atoms with Crippen molar-refractivity contribution in [2.45, 2.75) is 64.7 Å². The Kier molecular flexibility index (Phi) is 8.76. The minimum atomic E-state index is -0.751. The van der Waals surface area contributed by atoms with E-state index in [0.717, 1.165) is 0 Å². The minimum Gasteiger partial charge on any atom is -0.497 e. The Bertz CT molecular complexity index is 1120. The Labute approximate surface area is 229 Å². The maximum absolute atomic E-state index is 13.0. The molecule has 4 rings (SSSR count). The van der Waals surface area contributed by atoms with Crippen molar-refractivity contribution >= 4 is 17.7 Å². The fourth-order valence-corrected chi connectivity index (χ4v) is 6.81. The number of carbonyl (C=O) groups is 2. The van der Waals surface area contributed by atoms with Gasteiger partial charge in [-0.1, -0.05) is 13.8 Å². The van der Waals surface area contributed by atoms with Crippen molar-refractivity contribution in [2.75, 3.05) is 26.1 Å². The number of anilines is 1. The molecule has 6 atom stereocenters. The van der Waals surface area contributed by atoms with Gasteiger partial charge in [-0.05, 0) is 55.1 Å². The molecule has 2 fully saturated rings. The molecule has 0 aliphatic heterocycles. The highest BCUT2D eigenvalue weighted by molar-refractivity contribution is 5.85. The van der Waals surface area contributed by atoms with Crippen molar-refractivity contribution in [3.63, 3.8) is 0 Å². The van der Waals surface area contributed by atoms with E-state index in [4.69, 9.17) is 18.6 Å². The van der Waals surface area contributed by atoms with E-state index in [-0.39, 0.29) is 37.3 Å². The van der Waals surface area contributed by atoms with Crippen molar-refractivity contribution in [1.82, 2.24) is 5.32 Å². The summed E-state index contributed by atoms with van der Waals surface area (Å²) in [5.41, 5.74) is -0.711. The van der Waals surface area contributed by atoms with Crippen LogP contribution in [0.2, 0.25) is 0 Å². The number of rotatable bonds is 9. The third kappa shape index (κ3) is 6.01. The maximum atomic E-state index is 13.0. The molecule has 2 aliphatic carbocycles. The molecule has 10 nitrogen and oxygen atoms in total. The highest BCUT2D eigenvalue weighted by atomic mass is 16.6. The van der Waals surface area contributed by atoms with E-state index in [9.17, 15) is 19.8 Å². The first-order valence-corrected chi connectivity index (χ1v) is 13.4. The molecule has 0 spiro atoms. The van der Waals surface area contributed by atoms with Crippen LogP contribution >= 0.6 is 0 Å². The summed E-state index contributed by atoms with van der Waals surface area (Å²) >= 11 is 0. The fourth-order valence-electron chi connectivity index (χ4n) is 6.81. The minimum absolute atomic E-state index is 0.0651. The number of aliphatic hydroxyl groups excluding tert-OH is 2. The number of nitrogens with one attached hydrogen (secondary N) is 2. The van der Waals surface area contributed by atoms with Crippen LogP contribution in [0.15, 0.2) is 41.0 Å². The van der Waals surface area contributed by atoms with Gasteiger partial charge in [0.05, 0.1) is 45.4 Å². The van der Waals surface area contributed by atoms with E-state index in [1.165, 1.54) is 14.2 Å². The summed E-state index contributed by atoms with van der Waals surface area (Å²) < 4.78 is 21.8. The van der Waals surface area contributed by atoms with Crippen molar-refractivity contribution in [2.24, 2.45) is 22.7 Å². The normalized spacial score (nSPS) is 30.1. The molecule has 2 amide bonds. The zero-order valence-corrected chi connectivity index (χ0v) is 23.1. The molecule has 0 unspecified atom stereocenters. The average molecular weight is 545 g/mol. The van der Waals surface area contributed by atoms with Crippen LogP contribution in [0.3, 0.4) is 0 Å². The predicted molar refractivity (Wildman–Crippen MR) is 143 cm³/mol. The van der Waals surface area contributed by atoms with Gasteiger partial charge in [-0.25, -0.2) is 4.79 Å². The molecule has 0 radical (unpaired) electrons. The second-order valence-corrected chi connectivity index (χ2v) is 11.2. The molecule has 214 valence electrons. The largest absolute Gasteiger partial charge is 0.497 e. The molecule has 2 aliphatic rings. The lowest BCUT2D eigenvalue weighted by Gasteiger charge is -2.60. The van der Waals surface area contributed by atoms with Gasteiger partial charge in [0.2, 0.25) is 5.91 Å². The van der Waals surface area contributed by atoms with Crippen LogP contribution in [0.4, 0.5) is 10.5 Å². The topological polar surface area (TPSA) is 139 Å². The number of amides is 2. The lowest BCUT2D eigenvalue weighted by Crippen LogP contribution is -2.61. The van der Waals surface area contributed by atoms with Gasteiger partial charge in [-0.15, -0.1) is 0 Å². The molecule has 2 aromatic rings. The number of furan rings is 1. The lowest BCUT2D eigenvalue weighted by molar-refractivity contribution is -0.185. The van der Waals surface area contributed by atoms with Crippen LogP contribution in [-0.2, 0) is 16.1 Å². The SMILES string of the molecule is COc1cc(NC(=O)O[C@@H]2CC[C@]3(C)[C@@H](CC[C@@H](O)[C@H]3CC(=O)NCc3ccco3)[C@]2(C)CO)cc(OC)c1. The maximum Gasteiger partial charge on any atom is 0.411 e. The Morgan fingerprint density at radius 3 is 2.44 bits per heavy atom. The second kappa shape index (κ2) is 11.9. The van der Waals surface area contributed by atoms with Crippen molar-refractivity contribution < 1.29 is 38.4 Å². The van der Waals surface area contributed by atoms with Gasteiger partial charge in [-0.2, -0.15) is 0 Å². The monoisotopic (exact) mass is 544 g/mol. The molecular weight excluding hydrogens is 504 g/mol. The first-order valence-electron chi connectivity index (χ1n) is 13.4. The molecule has 4 N–H and O–H groups in total. The van der Waals surface area contributed by atoms with Gasteiger partial charge < -0.3 is 34.2 Å². The van der Waals surface area contributed by atoms with Gasteiger partial charge in [0, 0.05) is 30.0 Å². The summed E-state index contributed by atoms with van der Waals surface area (Å²) in [4.78, 5) is 25.8. The van der Waals surface area contributed by atoms with Crippen molar-refractivity contribution in [1.29, 1.82) is 0 Å². The summed E-state index contributed by atoms with van der Waals surface area (Å²) in [7, 11) is 3.05. The lowest BCUT2D eigenvalue weighted by atomic mass is 9.46. The molecule has 1 aromatic heterocycles. The van der Waals surface area contributed by atoms with Gasteiger partial charge in [-0.3, -0.25) is 10.1 Å². The standard InChI is InChI=1S/C29H40N2O8/c1-28-10-9-25(39-27(35)31-18-12-20(36-3)14-21(13-18)37-4)29(2,17-32)24(28)8-7-23(33)22(28)15-26(34)30-16-19-6-5-11-38-19/h5-6,11-14,22-25,32-33H,7-10,15-17H2,1-4H3,(H,30,34)(H,31,35)/t22-,23-,24-,25-,28+,29+/m1/s1. The predicted octanol–water partition coefficient (Wildman–Crippen LogP) is 4.11. The highest BCUT2D eigenvalue weighted by Crippen LogP contribution is 2.61. The summed E-state index contributed by atoms with van der Waals surface area (Å²) in [6.07, 6.45) is 2.22. The second-order valence-electron chi connectivity index (χ2n) is 11.2. The van der Waals surface area contributed by atoms with E-state index in [0.29, 0.717) is 48.6 Å². The van der Waals surface area contributed by atoms with Gasteiger partial charge >= 0.3 is 6.09 Å². The van der Waals surface area contributed by atoms with Crippen LogP contribution in [0, 0.1) is 22.7 Å². The number of hydrogen-bond acceptors (Lipinski definition) is 8. The quantitative estimate of drug-likeness (QED) is 0.370. The Balaban J connectivity index is 1.46. The van der Waals surface area contributed by atoms with Gasteiger partial charge in [0.1, 0.15) is 23.4 Å². The average Bonchev–Trinajstić information content (AvgIpc) is 3.45. The number of methoxy groups -OCH3 is 2. The third-order valence-corrected chi connectivity index (χ3v) is 8.97. The number of carbonyl (C=O) groups excluding carboxylic acids is 2. The molecule has 1 aromatic carbocycles. The zero-order valence-electron chi connectivity index (χ0n) is 23.1. The fraction of sp³-hybridized carbons (Fsp3) is 0.586. The molecule has 0 bridgehead atoms. The highest BCUT2D eigenvalue weighted by Gasteiger charge is 2.60. The van der Waals surface area contributed by atoms with Crippen LogP contribution in [0.5, 0.6) is 11.5 Å². The Morgan fingerprint density at radius 2 is 1.82 bits per heavy atom. The Hall–Kier alpha value is -3.24. The molecular formula is C29H40N2O8. The summed E-state index contributed by atoms with van der Waals surface area (Å²) in [6, 6.07) is 8.59. The number of benzene rings is 1. The van der Waals surface area contributed by atoms with Gasteiger partial charge in [0.15, 0.2) is 0 Å². The van der Waals surface area contributed by atoms with E-state index >= 15 is 0 Å². The van der Waals surface area contributed by atoms with E-state index < -0.39 is 29.1 Å². The molecule has 39 heavy (non-hydrogen) atoms. The first-order chi connectivity index (χ1) is 18.6. The summed E-state index contributed by atoms with van der Waals surface area (Å²) in [6.45, 7) is 4.13. The van der Waals surface area contributed by atoms with Gasteiger partial charge in [0.25, 0.3) is 0 Å². The first kappa shape index (κ1) is 28.8. The zero-order chi connectivity index (χ0) is 28.2. The molecule has 10 heteroatoms. The van der Waals surface area contributed by atoms with E-state index in [1.54, 1.807) is 36.6 Å². The molecule has 2 saturated carbocycles. The number of aliphatic hydroxyl groups is 2. The summed E-state index contributed by atoms with van der Waals surface area (Å²) in [5, 5.41) is 27.3. The van der Waals surface area contributed by atoms with E-state index in [1.807, 2.05) is 6.92 Å². The van der Waals surface area contributed by atoms with Crippen molar-refractivity contribution in [3.05, 3.63) is 42.4 Å². The van der Waals surface area contributed by atoms with Crippen LogP contribution in [0.1, 0.15) is 51.7 Å². The van der Waals surface area contributed by atoms with Crippen LogP contribution < -0.4 is 20.1 Å². The number of fused-ring (bicyclic) bond motifs is 1. The van der Waals surface area contributed by atoms with Crippen LogP contribution in [-0.4, -0.2) is 55.2 Å². The third-order valence-electron chi connectivity index (χ3n) is 8.97.